The molecule has 0 amide bonds. The Labute approximate surface area is 73.6 Å². The predicted molar refractivity (Wildman–Crippen MR) is 31.0 cm³/mol. The largest absolute Gasteiger partial charge is 2.00 e. The molecule has 0 aromatic heterocycles. The summed E-state index contributed by atoms with van der Waals surface area (Å²) in [5, 5.41) is 0. The SMILES string of the molecule is O.O.[AlH3].[AlH3].[Cu+2].[OH-].[OH-]. The van der Waals surface area contributed by atoms with Crippen molar-refractivity contribution in [1.82, 2.24) is 0 Å². The third-order valence-electron chi connectivity index (χ3n) is 0. The molecule has 4 nitrogen and oxygen atoms in total. The van der Waals surface area contributed by atoms with Crippen molar-refractivity contribution in [1.29, 1.82) is 0 Å². The Balaban J connectivity index is 0. The summed E-state index contributed by atoms with van der Waals surface area (Å²) in [4.78, 5) is 0. The molecule has 0 aliphatic carbocycles. The third kappa shape index (κ3) is 108. The molecule has 0 aliphatic heterocycles. The van der Waals surface area contributed by atoms with Crippen molar-refractivity contribution in [3.8, 4) is 0 Å². The fourth-order valence-electron chi connectivity index (χ4n) is 0. The van der Waals surface area contributed by atoms with Gasteiger partial charge in [0.1, 0.15) is 0 Å². The van der Waals surface area contributed by atoms with Crippen LogP contribution in [0.15, 0.2) is 0 Å². The maximum Gasteiger partial charge on any atom is 2.00 e. The van der Waals surface area contributed by atoms with E-state index in [2.05, 4.69) is 0 Å². The zero-order valence-corrected chi connectivity index (χ0v) is 3.14. The number of hydrogen-bond donors (Lipinski definition) is 0. The van der Waals surface area contributed by atoms with Crippen molar-refractivity contribution in [2.45, 2.75) is 0 Å². The quantitative estimate of drug-likeness (QED) is 0.361. The summed E-state index contributed by atoms with van der Waals surface area (Å²) < 4.78 is 0. The molecule has 0 aromatic rings. The van der Waals surface area contributed by atoms with Gasteiger partial charge in [0.2, 0.25) is 0 Å². The molecule has 0 saturated heterocycles. The van der Waals surface area contributed by atoms with E-state index in [1.807, 2.05) is 0 Å². The molecule has 7 heavy (non-hydrogen) atoms. The van der Waals surface area contributed by atoms with E-state index >= 15 is 0 Å². The average molecular weight is 194 g/mol. The Hall–Kier alpha value is 1.42. The molecule has 0 heterocycles. The van der Waals surface area contributed by atoms with E-state index in [9.17, 15) is 0 Å². The van der Waals surface area contributed by atoms with Crippen molar-refractivity contribution in [2.75, 3.05) is 0 Å². The molecule has 0 unspecified atom stereocenters. The second-order valence-corrected chi connectivity index (χ2v) is 0. The van der Waals surface area contributed by atoms with Gasteiger partial charge in [0, 0.05) is 0 Å². The van der Waals surface area contributed by atoms with Crippen molar-refractivity contribution < 1.29 is 39.0 Å². The van der Waals surface area contributed by atoms with E-state index in [-0.39, 0.29) is 73.7 Å². The molecule has 0 saturated carbocycles. The van der Waals surface area contributed by atoms with E-state index in [1.54, 1.807) is 0 Å². The Kier molecular flexibility index (Phi) is 4940. The van der Waals surface area contributed by atoms with Gasteiger partial charge >= 0.3 is 17.1 Å². The topological polar surface area (TPSA) is 123 Å². The first-order valence-corrected chi connectivity index (χ1v) is 0. The van der Waals surface area contributed by atoms with Gasteiger partial charge in [0.15, 0.2) is 34.7 Å². The summed E-state index contributed by atoms with van der Waals surface area (Å²) in [7, 11) is 0. The van der Waals surface area contributed by atoms with Gasteiger partial charge in [-0.05, 0) is 0 Å². The molecule has 0 aliphatic rings. The molecule has 0 fully saturated rings. The monoisotopic (exact) mass is 193 g/mol. The molecule has 0 spiro atoms. The average Bonchev–Trinajstić information content (AvgIpc) is 0. The first-order chi connectivity index (χ1) is 0. The maximum absolute atomic E-state index is 0. The van der Waals surface area contributed by atoms with E-state index < -0.39 is 0 Å². The minimum Gasteiger partial charge on any atom is -0.870 e. The Morgan fingerprint density at radius 3 is 0.571 bits per heavy atom. The van der Waals surface area contributed by atoms with Gasteiger partial charge in [-0.3, -0.25) is 0 Å². The van der Waals surface area contributed by atoms with Crippen LogP contribution in [0.4, 0.5) is 0 Å². The standard InChI is InChI=1S/2Al.Cu.4H2O.6H/h;;;4*1H2;;;;;;/q;;+2;;;;;;;;;;/p-2. The van der Waals surface area contributed by atoms with Gasteiger partial charge in [-0.2, -0.15) is 0 Å². The van der Waals surface area contributed by atoms with E-state index in [4.69, 9.17) is 0 Å². The van der Waals surface area contributed by atoms with Crippen LogP contribution in [0.3, 0.4) is 0 Å². The third-order valence-corrected chi connectivity index (χ3v) is 0. The van der Waals surface area contributed by atoms with Gasteiger partial charge < -0.3 is 21.9 Å². The molecule has 6 N–H and O–H groups in total. The molecule has 53 valence electrons. The fraction of sp³-hybridized carbons (Fsp3) is 0. The Morgan fingerprint density at radius 1 is 0.571 bits per heavy atom. The minimum absolute atomic E-state index is 0. The zero-order valence-electron chi connectivity index (χ0n) is 2.20. The van der Waals surface area contributed by atoms with Crippen LogP contribution < -0.4 is 0 Å². The van der Waals surface area contributed by atoms with Crippen LogP contribution in [0, 0.1) is 0 Å². The number of rotatable bonds is 0. The normalized spacial score (nSPS) is 0. The molecule has 0 atom stereocenters. The fourth-order valence-corrected chi connectivity index (χ4v) is 0. The summed E-state index contributed by atoms with van der Waals surface area (Å²) in [6.45, 7) is 0. The van der Waals surface area contributed by atoms with Crippen LogP contribution in [0.5, 0.6) is 0 Å². The van der Waals surface area contributed by atoms with Crippen LogP contribution in [0.25, 0.3) is 0 Å². The minimum atomic E-state index is 0. The number of hydrogen-bond acceptors (Lipinski definition) is 2. The van der Waals surface area contributed by atoms with Crippen LogP contribution in [-0.4, -0.2) is 56.6 Å². The predicted octanol–water partition coefficient (Wildman–Crippen LogP) is -4.37. The van der Waals surface area contributed by atoms with Crippen LogP contribution in [0.1, 0.15) is 0 Å². The zero-order chi connectivity index (χ0) is 0. The van der Waals surface area contributed by atoms with Crippen LogP contribution in [-0.2, 0) is 17.1 Å². The summed E-state index contributed by atoms with van der Waals surface area (Å²) >= 11 is 0. The molecular formula is H12Al2CuO4. The van der Waals surface area contributed by atoms with Gasteiger partial charge in [0.25, 0.3) is 0 Å². The van der Waals surface area contributed by atoms with Gasteiger partial charge in [-0.25, -0.2) is 0 Å². The van der Waals surface area contributed by atoms with Crippen molar-refractivity contribution in [3.05, 3.63) is 0 Å². The van der Waals surface area contributed by atoms with Crippen molar-refractivity contribution in [2.24, 2.45) is 0 Å². The molecular weight excluding hydrogens is 182 g/mol. The molecule has 0 aromatic carbocycles. The smallest absolute Gasteiger partial charge is 0.870 e. The molecule has 0 bridgehead atoms. The van der Waals surface area contributed by atoms with Crippen molar-refractivity contribution >= 4 is 34.7 Å². The summed E-state index contributed by atoms with van der Waals surface area (Å²) in [6, 6.07) is 0. The summed E-state index contributed by atoms with van der Waals surface area (Å²) in [5.74, 6) is 0. The first-order valence-electron chi connectivity index (χ1n) is 0. The Bertz CT molecular complexity index is 9.65. The molecule has 1 radical (unpaired) electrons. The van der Waals surface area contributed by atoms with Crippen molar-refractivity contribution in [3.63, 3.8) is 0 Å². The summed E-state index contributed by atoms with van der Waals surface area (Å²) in [6.07, 6.45) is 0. The molecule has 7 heteroatoms. The van der Waals surface area contributed by atoms with Crippen LogP contribution >= 0.6 is 0 Å². The van der Waals surface area contributed by atoms with Crippen LogP contribution in [0.2, 0.25) is 0 Å². The maximum atomic E-state index is 0. The van der Waals surface area contributed by atoms with Gasteiger partial charge in [-0.1, -0.05) is 0 Å². The first kappa shape index (κ1) is 229. The van der Waals surface area contributed by atoms with Gasteiger partial charge in [-0.15, -0.1) is 0 Å². The van der Waals surface area contributed by atoms with E-state index in [0.29, 0.717) is 0 Å². The van der Waals surface area contributed by atoms with E-state index in [0.717, 1.165) is 0 Å². The van der Waals surface area contributed by atoms with E-state index in [1.165, 1.54) is 0 Å². The summed E-state index contributed by atoms with van der Waals surface area (Å²) in [5.41, 5.74) is 0. The van der Waals surface area contributed by atoms with Gasteiger partial charge in [0.05, 0.1) is 0 Å². The Morgan fingerprint density at radius 2 is 0.571 bits per heavy atom. The second-order valence-electron chi connectivity index (χ2n) is 0. The molecule has 0 rings (SSSR count). The second kappa shape index (κ2) is 151.